The molecule has 1 rings (SSSR count). The van der Waals surface area contributed by atoms with Crippen LogP contribution in [0.5, 0.6) is 5.75 Å². The zero-order valence-corrected chi connectivity index (χ0v) is 11.9. The lowest BCUT2D eigenvalue weighted by Gasteiger charge is -2.10. The molecule has 0 radical (unpaired) electrons. The Morgan fingerprint density at radius 3 is 2.75 bits per heavy atom. The highest BCUT2D eigenvalue weighted by atomic mass is 19.1. The Morgan fingerprint density at radius 1 is 1.40 bits per heavy atom. The van der Waals surface area contributed by atoms with Crippen molar-refractivity contribution in [1.29, 1.82) is 0 Å². The highest BCUT2D eigenvalue weighted by Gasteiger charge is 2.07. The van der Waals surface area contributed by atoms with E-state index in [1.807, 2.05) is 25.3 Å². The van der Waals surface area contributed by atoms with Gasteiger partial charge in [-0.15, -0.1) is 6.58 Å². The molecule has 0 amide bonds. The van der Waals surface area contributed by atoms with Gasteiger partial charge in [-0.25, -0.2) is 4.39 Å². The van der Waals surface area contributed by atoms with Crippen LogP contribution in [0.3, 0.4) is 0 Å². The Kier molecular flexibility index (Phi) is 6.67. The largest absolute Gasteiger partial charge is 0.489 e. The van der Waals surface area contributed by atoms with Gasteiger partial charge in [0, 0.05) is 19.2 Å². The van der Waals surface area contributed by atoms with Crippen molar-refractivity contribution in [2.75, 3.05) is 26.7 Å². The van der Waals surface area contributed by atoms with E-state index in [1.54, 1.807) is 6.07 Å². The molecule has 1 aromatic carbocycles. The van der Waals surface area contributed by atoms with Crippen molar-refractivity contribution < 1.29 is 13.9 Å². The van der Waals surface area contributed by atoms with Gasteiger partial charge < -0.3 is 4.74 Å². The molecule has 0 aliphatic carbocycles. The summed E-state index contributed by atoms with van der Waals surface area (Å²) in [5.41, 5.74) is 0.0824. The van der Waals surface area contributed by atoms with E-state index in [9.17, 15) is 9.18 Å². The fourth-order valence-corrected chi connectivity index (χ4v) is 1.63. The molecule has 0 saturated carbocycles. The summed E-state index contributed by atoms with van der Waals surface area (Å²) in [6, 6.07) is 4.26. The second-order valence-corrected chi connectivity index (χ2v) is 4.49. The molecule has 3 nitrogen and oxygen atoms in total. The SMILES string of the molecule is C=CCN(C)C/C=C/COc1ccc(C(C)=O)c(F)c1. The molecular formula is C16H20FNO2. The van der Waals surface area contributed by atoms with Crippen LogP contribution in [0.2, 0.25) is 0 Å². The third-order valence-corrected chi connectivity index (χ3v) is 2.69. The summed E-state index contributed by atoms with van der Waals surface area (Å²) in [5, 5.41) is 0. The van der Waals surface area contributed by atoms with Crippen molar-refractivity contribution in [2.45, 2.75) is 6.92 Å². The van der Waals surface area contributed by atoms with Crippen molar-refractivity contribution in [3.8, 4) is 5.75 Å². The second-order valence-electron chi connectivity index (χ2n) is 4.49. The number of carbonyl (C=O) groups is 1. The van der Waals surface area contributed by atoms with E-state index in [2.05, 4.69) is 11.5 Å². The van der Waals surface area contributed by atoms with Gasteiger partial charge in [-0.05, 0) is 26.1 Å². The van der Waals surface area contributed by atoms with Gasteiger partial charge in [-0.2, -0.15) is 0 Å². The Bertz CT molecular complexity index is 497. The zero-order chi connectivity index (χ0) is 15.0. The molecule has 0 saturated heterocycles. The molecule has 0 aromatic heterocycles. The van der Waals surface area contributed by atoms with Crippen LogP contribution in [0, 0.1) is 5.82 Å². The number of ether oxygens (including phenoxy) is 1. The third-order valence-electron chi connectivity index (χ3n) is 2.69. The van der Waals surface area contributed by atoms with Crippen molar-refractivity contribution in [1.82, 2.24) is 4.90 Å². The Hall–Kier alpha value is -1.94. The predicted octanol–water partition coefficient (Wildman–Crippen LogP) is 3.08. The molecule has 0 unspecified atom stereocenters. The van der Waals surface area contributed by atoms with Crippen LogP contribution >= 0.6 is 0 Å². The minimum absolute atomic E-state index is 0.0824. The standard InChI is InChI=1S/C16H20FNO2/c1-4-9-18(3)10-5-6-11-20-14-7-8-15(13(2)19)16(17)12-14/h4-8,12H,1,9-11H2,2-3H3/b6-5+. The van der Waals surface area contributed by atoms with Crippen LogP contribution in [-0.2, 0) is 0 Å². The monoisotopic (exact) mass is 277 g/mol. The van der Waals surface area contributed by atoms with Gasteiger partial charge in [-0.1, -0.05) is 18.2 Å². The molecule has 0 atom stereocenters. The first-order valence-electron chi connectivity index (χ1n) is 6.42. The van der Waals surface area contributed by atoms with E-state index >= 15 is 0 Å². The summed E-state index contributed by atoms with van der Waals surface area (Å²) in [6.45, 7) is 6.98. The number of rotatable bonds is 8. The molecule has 20 heavy (non-hydrogen) atoms. The number of hydrogen-bond acceptors (Lipinski definition) is 3. The quantitative estimate of drug-likeness (QED) is 0.540. The summed E-state index contributed by atoms with van der Waals surface area (Å²) < 4.78 is 18.9. The van der Waals surface area contributed by atoms with Gasteiger partial charge in [-0.3, -0.25) is 9.69 Å². The number of benzene rings is 1. The summed E-state index contributed by atoms with van der Waals surface area (Å²) in [5.74, 6) is -0.430. The molecule has 0 bridgehead atoms. The number of Topliss-reactive ketones (excluding diaryl/α,β-unsaturated/α-hetero) is 1. The van der Waals surface area contributed by atoms with E-state index in [4.69, 9.17) is 4.74 Å². The minimum Gasteiger partial charge on any atom is -0.489 e. The second kappa shape index (κ2) is 8.27. The fraction of sp³-hybridized carbons (Fsp3) is 0.312. The van der Waals surface area contributed by atoms with Gasteiger partial charge in [0.2, 0.25) is 0 Å². The van der Waals surface area contributed by atoms with Crippen LogP contribution in [0.4, 0.5) is 4.39 Å². The number of likely N-dealkylation sites (N-methyl/N-ethyl adjacent to an activating group) is 1. The van der Waals surface area contributed by atoms with E-state index in [0.717, 1.165) is 13.1 Å². The topological polar surface area (TPSA) is 29.5 Å². The zero-order valence-electron chi connectivity index (χ0n) is 11.9. The van der Waals surface area contributed by atoms with Crippen molar-refractivity contribution in [3.05, 3.63) is 54.4 Å². The Labute approximate surface area is 119 Å². The normalized spacial score (nSPS) is 11.0. The van der Waals surface area contributed by atoms with Gasteiger partial charge in [0.25, 0.3) is 0 Å². The summed E-state index contributed by atoms with van der Waals surface area (Å²) in [4.78, 5) is 13.2. The van der Waals surface area contributed by atoms with E-state index < -0.39 is 5.82 Å². The Morgan fingerprint density at radius 2 is 2.15 bits per heavy atom. The summed E-state index contributed by atoms with van der Waals surface area (Å²) in [7, 11) is 1.99. The molecule has 0 aliphatic rings. The maximum atomic E-state index is 13.5. The van der Waals surface area contributed by atoms with Crippen LogP contribution in [-0.4, -0.2) is 37.4 Å². The maximum absolute atomic E-state index is 13.5. The maximum Gasteiger partial charge on any atom is 0.162 e. The molecule has 0 heterocycles. The fourth-order valence-electron chi connectivity index (χ4n) is 1.63. The van der Waals surface area contributed by atoms with Gasteiger partial charge >= 0.3 is 0 Å². The van der Waals surface area contributed by atoms with E-state index in [-0.39, 0.29) is 11.3 Å². The average Bonchev–Trinajstić information content (AvgIpc) is 2.38. The first-order valence-corrected chi connectivity index (χ1v) is 6.42. The predicted molar refractivity (Wildman–Crippen MR) is 78.7 cm³/mol. The highest BCUT2D eigenvalue weighted by molar-refractivity contribution is 5.94. The lowest BCUT2D eigenvalue weighted by molar-refractivity contribution is 0.101. The molecule has 0 N–H and O–H groups in total. The van der Waals surface area contributed by atoms with Crippen molar-refractivity contribution in [2.24, 2.45) is 0 Å². The first kappa shape index (κ1) is 16.1. The Balaban J connectivity index is 2.43. The van der Waals surface area contributed by atoms with Gasteiger partial charge in [0.15, 0.2) is 5.78 Å². The third kappa shape index (κ3) is 5.36. The highest BCUT2D eigenvalue weighted by Crippen LogP contribution is 2.17. The van der Waals surface area contributed by atoms with Crippen LogP contribution < -0.4 is 4.74 Å². The molecule has 0 aliphatic heterocycles. The van der Waals surface area contributed by atoms with Crippen LogP contribution in [0.25, 0.3) is 0 Å². The van der Waals surface area contributed by atoms with E-state index in [0.29, 0.717) is 12.4 Å². The van der Waals surface area contributed by atoms with Gasteiger partial charge in [0.05, 0.1) is 5.56 Å². The van der Waals surface area contributed by atoms with Crippen molar-refractivity contribution >= 4 is 5.78 Å². The van der Waals surface area contributed by atoms with Crippen LogP contribution in [0.15, 0.2) is 43.0 Å². The molecule has 1 aromatic rings. The lowest BCUT2D eigenvalue weighted by Crippen LogP contribution is -2.17. The number of ketones is 1. The van der Waals surface area contributed by atoms with Crippen LogP contribution in [0.1, 0.15) is 17.3 Å². The summed E-state index contributed by atoms with van der Waals surface area (Å²) in [6.07, 6.45) is 5.68. The molecule has 0 fully saturated rings. The molecular weight excluding hydrogens is 257 g/mol. The molecule has 108 valence electrons. The first-order chi connectivity index (χ1) is 9.54. The number of carbonyl (C=O) groups excluding carboxylic acids is 1. The minimum atomic E-state index is -0.551. The van der Waals surface area contributed by atoms with E-state index in [1.165, 1.54) is 19.1 Å². The van der Waals surface area contributed by atoms with Gasteiger partial charge in [0.1, 0.15) is 18.2 Å². The number of nitrogens with zero attached hydrogens (tertiary/aromatic N) is 1. The van der Waals surface area contributed by atoms with Crippen molar-refractivity contribution in [3.63, 3.8) is 0 Å². The molecule has 0 spiro atoms. The average molecular weight is 277 g/mol. The lowest BCUT2D eigenvalue weighted by atomic mass is 10.1. The summed E-state index contributed by atoms with van der Waals surface area (Å²) >= 11 is 0. The smallest absolute Gasteiger partial charge is 0.162 e. The number of halogens is 1. The molecule has 4 heteroatoms. The number of hydrogen-bond donors (Lipinski definition) is 0.